The second kappa shape index (κ2) is 10.8. The van der Waals surface area contributed by atoms with Crippen LogP contribution in [0, 0.1) is 0 Å². The average Bonchev–Trinajstić information content (AvgIpc) is 2.95. The lowest BCUT2D eigenvalue weighted by molar-refractivity contribution is -0.352. The van der Waals surface area contributed by atoms with Gasteiger partial charge in [0.15, 0.2) is 5.82 Å². The quantitative estimate of drug-likeness (QED) is 0.460. The Morgan fingerprint density at radius 1 is 1.12 bits per heavy atom. The molecule has 0 aliphatic carbocycles. The van der Waals surface area contributed by atoms with Crippen LogP contribution in [0.25, 0.3) is 22.3 Å². The highest BCUT2D eigenvalue weighted by Gasteiger charge is 2.43. The molecule has 3 fully saturated rings. The number of aromatic nitrogens is 3. The molecule has 2 aromatic heterocycles. The zero-order chi connectivity index (χ0) is 28.7. The average molecular weight is 562 g/mol. The summed E-state index contributed by atoms with van der Waals surface area (Å²) >= 11 is 0. The number of nitrogens with one attached hydrogen (secondary N) is 1. The molecule has 2 amide bonds. The number of nitrogens with two attached hydrogens (primary N) is 1. The van der Waals surface area contributed by atoms with E-state index in [0.717, 1.165) is 30.5 Å². The number of rotatable bonds is 6. The number of carbonyl (C=O) groups is 2. The normalized spacial score (nSPS) is 22.7. The third-order valence-corrected chi connectivity index (χ3v) is 7.46. The largest absolute Gasteiger partial charge is 0.444 e. The van der Waals surface area contributed by atoms with Gasteiger partial charge in [0.1, 0.15) is 35.4 Å². The van der Waals surface area contributed by atoms with Crippen LogP contribution in [0.4, 0.5) is 10.6 Å². The molecule has 3 N–H and O–H groups in total. The number of primary amides is 1. The van der Waals surface area contributed by atoms with Crippen LogP contribution >= 0.6 is 0 Å². The van der Waals surface area contributed by atoms with Crippen molar-refractivity contribution in [3.05, 3.63) is 47.8 Å². The summed E-state index contributed by atoms with van der Waals surface area (Å²) in [7, 11) is 0. The summed E-state index contributed by atoms with van der Waals surface area (Å²) in [5.41, 5.74) is 8.87. The Kier molecular flexibility index (Phi) is 7.22. The number of nitrogens with zero attached hydrogens (tertiary/aromatic N) is 5. The molecule has 3 atom stereocenters. The van der Waals surface area contributed by atoms with Gasteiger partial charge in [-0.05, 0) is 45.2 Å². The highest BCUT2D eigenvalue weighted by atomic mass is 16.6. The molecule has 216 valence electrons. The van der Waals surface area contributed by atoms with Gasteiger partial charge in [0.2, 0.25) is 0 Å². The fourth-order valence-electron chi connectivity index (χ4n) is 5.46. The number of morpholine rings is 1. The Morgan fingerprint density at radius 2 is 1.88 bits per heavy atom. The van der Waals surface area contributed by atoms with E-state index in [-0.39, 0.29) is 30.2 Å². The topological polar surface area (TPSA) is 145 Å². The number of hydrogen-bond donors (Lipinski definition) is 2. The number of carbonyl (C=O) groups excluding carboxylic acids is 2. The van der Waals surface area contributed by atoms with Crippen LogP contribution in [-0.4, -0.2) is 87.2 Å². The molecule has 12 nitrogen and oxygen atoms in total. The molecule has 2 unspecified atom stereocenters. The lowest BCUT2D eigenvalue weighted by atomic mass is 10.0. The third kappa shape index (κ3) is 5.81. The van der Waals surface area contributed by atoms with Crippen LogP contribution in [0.15, 0.2) is 36.7 Å². The van der Waals surface area contributed by atoms with E-state index in [2.05, 4.69) is 20.2 Å². The summed E-state index contributed by atoms with van der Waals surface area (Å²) in [5, 5.41) is 3.44. The van der Waals surface area contributed by atoms with Gasteiger partial charge < -0.3 is 30.2 Å². The second-order valence-electron chi connectivity index (χ2n) is 11.7. The number of fused-ring (bicyclic) bond motifs is 3. The fraction of sp³-hybridized carbons (Fsp3) is 0.483. The third-order valence-electron chi connectivity index (χ3n) is 7.46. The van der Waals surface area contributed by atoms with E-state index in [1.807, 2.05) is 45.0 Å². The van der Waals surface area contributed by atoms with Gasteiger partial charge in [0.05, 0.1) is 24.5 Å². The predicted molar refractivity (Wildman–Crippen MR) is 151 cm³/mol. The smallest absolute Gasteiger partial charge is 0.410 e. The van der Waals surface area contributed by atoms with E-state index < -0.39 is 11.5 Å². The minimum Gasteiger partial charge on any atom is -0.444 e. The zero-order valence-electron chi connectivity index (χ0n) is 23.5. The highest BCUT2D eigenvalue weighted by Crippen LogP contribution is 2.31. The van der Waals surface area contributed by atoms with Crippen LogP contribution in [0.5, 0.6) is 0 Å². The summed E-state index contributed by atoms with van der Waals surface area (Å²) in [5.74, 6) is -0.112. The SMILES string of the molecule is CC(C)(C)OC(=O)N1CCC[C@H](Nc2ncnc3c(C(N)=O)cc(-c4ccc(CN5C6COCC5O6)cc4)nc23)C1. The molecular formula is C29H35N7O5. The van der Waals surface area contributed by atoms with Gasteiger partial charge in [-0.1, -0.05) is 24.3 Å². The van der Waals surface area contributed by atoms with Crippen molar-refractivity contribution in [3.63, 3.8) is 0 Å². The summed E-state index contributed by atoms with van der Waals surface area (Å²) in [4.78, 5) is 42.8. The number of ether oxygens (including phenoxy) is 3. The van der Waals surface area contributed by atoms with Crippen LogP contribution in [0.1, 0.15) is 49.5 Å². The highest BCUT2D eigenvalue weighted by molar-refractivity contribution is 6.06. The first kappa shape index (κ1) is 27.3. The van der Waals surface area contributed by atoms with Gasteiger partial charge >= 0.3 is 6.09 Å². The van der Waals surface area contributed by atoms with Crippen molar-refractivity contribution in [2.45, 2.75) is 64.3 Å². The van der Waals surface area contributed by atoms with Gasteiger partial charge in [-0.3, -0.25) is 4.79 Å². The van der Waals surface area contributed by atoms with Crippen molar-refractivity contribution in [3.8, 4) is 11.3 Å². The molecule has 6 rings (SSSR count). The monoisotopic (exact) mass is 561 g/mol. The standard InChI is InChI=1S/C29H35N7O5/c1-29(2,3)41-28(38)35-10-4-5-19(13-35)33-27-25-24(31-16-32-27)20(26(30)37)11-21(34-25)18-8-6-17(7-9-18)12-36-22-14-39-15-23(36)40-22/h6-9,11,16,19,22-23H,4-5,10,12-15H2,1-3H3,(H2,30,37)(H,31,32,33)/t19-,22?,23?/m0/s1. The molecule has 3 aromatic rings. The maximum absolute atomic E-state index is 12.7. The van der Waals surface area contributed by atoms with Crippen molar-refractivity contribution in [1.29, 1.82) is 0 Å². The molecule has 1 aromatic carbocycles. The zero-order valence-corrected chi connectivity index (χ0v) is 23.5. The van der Waals surface area contributed by atoms with E-state index in [1.54, 1.807) is 11.0 Å². The fourth-order valence-corrected chi connectivity index (χ4v) is 5.46. The van der Waals surface area contributed by atoms with Crippen molar-refractivity contribution in [2.24, 2.45) is 5.73 Å². The van der Waals surface area contributed by atoms with E-state index in [4.69, 9.17) is 24.9 Å². The molecule has 0 spiro atoms. The Balaban J connectivity index is 1.25. The molecule has 41 heavy (non-hydrogen) atoms. The first-order chi connectivity index (χ1) is 19.6. The number of anilines is 1. The van der Waals surface area contributed by atoms with Gasteiger partial charge in [0, 0.05) is 31.2 Å². The van der Waals surface area contributed by atoms with Gasteiger partial charge in [-0.15, -0.1) is 0 Å². The lowest BCUT2D eigenvalue weighted by Crippen LogP contribution is -2.65. The lowest BCUT2D eigenvalue weighted by Gasteiger charge is -2.51. The first-order valence-electron chi connectivity index (χ1n) is 13.9. The van der Waals surface area contributed by atoms with Crippen LogP contribution < -0.4 is 11.1 Å². The van der Waals surface area contributed by atoms with Crippen LogP contribution in [0.2, 0.25) is 0 Å². The van der Waals surface area contributed by atoms with Crippen molar-refractivity contribution < 1.29 is 23.8 Å². The number of hydrogen-bond acceptors (Lipinski definition) is 10. The molecular weight excluding hydrogens is 526 g/mol. The second-order valence-corrected chi connectivity index (χ2v) is 11.7. The Bertz CT molecular complexity index is 1440. The number of likely N-dealkylation sites (tertiary alicyclic amines) is 1. The molecule has 2 bridgehead atoms. The number of amides is 2. The van der Waals surface area contributed by atoms with Crippen molar-refractivity contribution in [2.75, 3.05) is 31.6 Å². The van der Waals surface area contributed by atoms with Crippen LogP contribution in [-0.2, 0) is 20.8 Å². The maximum atomic E-state index is 12.7. The molecule has 0 radical (unpaired) electrons. The molecule has 5 heterocycles. The summed E-state index contributed by atoms with van der Waals surface area (Å²) in [6, 6.07) is 9.66. The molecule has 12 heteroatoms. The molecule has 3 aliphatic rings. The Labute approximate surface area is 238 Å². The first-order valence-corrected chi connectivity index (χ1v) is 13.9. The number of piperidine rings is 1. The summed E-state index contributed by atoms with van der Waals surface area (Å²) < 4.78 is 16.8. The van der Waals surface area contributed by atoms with E-state index >= 15 is 0 Å². The molecule has 3 aliphatic heterocycles. The van der Waals surface area contributed by atoms with E-state index in [0.29, 0.717) is 48.8 Å². The molecule has 0 saturated carbocycles. The maximum Gasteiger partial charge on any atom is 0.410 e. The Morgan fingerprint density at radius 3 is 2.56 bits per heavy atom. The predicted octanol–water partition coefficient (Wildman–Crippen LogP) is 3.12. The van der Waals surface area contributed by atoms with E-state index in [1.165, 1.54) is 6.33 Å². The Hall–Kier alpha value is -3.87. The minimum atomic E-state index is -0.597. The molecule has 3 saturated heterocycles. The van der Waals surface area contributed by atoms with Crippen LogP contribution in [0.3, 0.4) is 0 Å². The minimum absolute atomic E-state index is 0.0139. The van der Waals surface area contributed by atoms with E-state index in [9.17, 15) is 9.59 Å². The summed E-state index contributed by atoms with van der Waals surface area (Å²) in [6.07, 6.45) is 2.73. The number of benzene rings is 1. The van der Waals surface area contributed by atoms with Gasteiger partial charge in [-0.25, -0.2) is 24.6 Å². The van der Waals surface area contributed by atoms with Gasteiger partial charge in [0.25, 0.3) is 5.91 Å². The summed E-state index contributed by atoms with van der Waals surface area (Å²) in [6.45, 7) is 8.58. The van der Waals surface area contributed by atoms with Crippen molar-refractivity contribution in [1.82, 2.24) is 24.8 Å². The number of pyridine rings is 1. The van der Waals surface area contributed by atoms with Crippen molar-refractivity contribution >= 4 is 28.9 Å². The van der Waals surface area contributed by atoms with Gasteiger partial charge in [-0.2, -0.15) is 0 Å².